The number of benzene rings is 2. The standard InChI is InChI=1S/C18H19NO3S/c1-14-8-11-17(12-9-14)23(21,22)19-18(15(2)20)13-10-16-6-4-3-5-7-16/h3-13,18-19H,1-2H3/b13-10+. The Labute approximate surface area is 136 Å². The summed E-state index contributed by atoms with van der Waals surface area (Å²) in [6, 6.07) is 15.0. The highest BCUT2D eigenvalue weighted by Crippen LogP contribution is 2.11. The van der Waals surface area contributed by atoms with Crippen molar-refractivity contribution in [1.29, 1.82) is 0 Å². The van der Waals surface area contributed by atoms with Crippen LogP contribution in [-0.4, -0.2) is 20.2 Å². The quantitative estimate of drug-likeness (QED) is 0.886. The monoisotopic (exact) mass is 329 g/mol. The van der Waals surface area contributed by atoms with Crippen molar-refractivity contribution in [2.24, 2.45) is 0 Å². The second kappa shape index (κ2) is 7.35. The van der Waals surface area contributed by atoms with Crippen LogP contribution >= 0.6 is 0 Å². The number of sulfonamides is 1. The van der Waals surface area contributed by atoms with E-state index in [4.69, 9.17) is 0 Å². The molecule has 0 aliphatic heterocycles. The van der Waals surface area contributed by atoms with Crippen molar-refractivity contribution in [3.63, 3.8) is 0 Å². The summed E-state index contributed by atoms with van der Waals surface area (Å²) >= 11 is 0. The Morgan fingerprint density at radius 1 is 1.04 bits per heavy atom. The summed E-state index contributed by atoms with van der Waals surface area (Å²) in [4.78, 5) is 11.9. The van der Waals surface area contributed by atoms with Crippen LogP contribution in [-0.2, 0) is 14.8 Å². The van der Waals surface area contributed by atoms with Crippen molar-refractivity contribution in [2.45, 2.75) is 24.8 Å². The molecule has 0 radical (unpaired) electrons. The molecular weight excluding hydrogens is 310 g/mol. The van der Waals surface area contributed by atoms with E-state index in [1.165, 1.54) is 19.1 Å². The Bertz CT molecular complexity index is 794. The van der Waals surface area contributed by atoms with Gasteiger partial charge in [0, 0.05) is 0 Å². The lowest BCUT2D eigenvalue weighted by atomic mass is 10.1. The lowest BCUT2D eigenvalue weighted by molar-refractivity contribution is -0.117. The minimum Gasteiger partial charge on any atom is -0.298 e. The second-order valence-electron chi connectivity index (χ2n) is 5.29. The number of Topliss-reactive ketones (excluding diaryl/α,β-unsaturated/α-hetero) is 1. The van der Waals surface area contributed by atoms with Crippen molar-refractivity contribution < 1.29 is 13.2 Å². The number of rotatable bonds is 6. The molecule has 2 rings (SSSR count). The van der Waals surface area contributed by atoms with Crippen LogP contribution in [0.4, 0.5) is 0 Å². The Balaban J connectivity index is 2.20. The molecule has 23 heavy (non-hydrogen) atoms. The third-order valence-corrected chi connectivity index (χ3v) is 4.79. The van der Waals surface area contributed by atoms with Crippen molar-refractivity contribution in [3.05, 3.63) is 71.8 Å². The van der Waals surface area contributed by atoms with E-state index in [1.807, 2.05) is 37.3 Å². The summed E-state index contributed by atoms with van der Waals surface area (Å²) in [6.45, 7) is 3.24. The van der Waals surface area contributed by atoms with Gasteiger partial charge in [-0.1, -0.05) is 60.2 Å². The van der Waals surface area contributed by atoms with Gasteiger partial charge in [0.05, 0.1) is 10.9 Å². The van der Waals surface area contributed by atoms with E-state index < -0.39 is 16.1 Å². The molecule has 0 spiro atoms. The molecule has 5 heteroatoms. The Kier molecular flexibility index (Phi) is 5.47. The first-order valence-corrected chi connectivity index (χ1v) is 8.69. The minimum absolute atomic E-state index is 0.141. The summed E-state index contributed by atoms with van der Waals surface area (Å²) < 4.78 is 27.2. The van der Waals surface area contributed by atoms with Crippen LogP contribution in [0.2, 0.25) is 0 Å². The van der Waals surface area contributed by atoms with Gasteiger partial charge in [0.1, 0.15) is 0 Å². The second-order valence-corrected chi connectivity index (χ2v) is 7.01. The highest BCUT2D eigenvalue weighted by atomic mass is 32.2. The summed E-state index contributed by atoms with van der Waals surface area (Å²) in [5.41, 5.74) is 1.87. The molecule has 1 atom stereocenters. The number of carbonyl (C=O) groups excluding carboxylic acids is 1. The summed E-state index contributed by atoms with van der Waals surface area (Å²) in [5, 5.41) is 0. The number of aryl methyl sites for hydroxylation is 1. The molecule has 120 valence electrons. The van der Waals surface area contributed by atoms with Crippen molar-refractivity contribution in [2.75, 3.05) is 0 Å². The molecule has 2 aromatic rings. The van der Waals surface area contributed by atoms with E-state index in [0.717, 1.165) is 11.1 Å². The molecule has 0 saturated heterocycles. The minimum atomic E-state index is -3.75. The van der Waals surface area contributed by atoms with Gasteiger partial charge in [-0.2, -0.15) is 4.72 Å². The molecule has 0 aliphatic rings. The summed E-state index contributed by atoms with van der Waals surface area (Å²) in [5.74, 6) is -0.270. The Morgan fingerprint density at radius 2 is 1.65 bits per heavy atom. The molecule has 4 nitrogen and oxygen atoms in total. The molecule has 0 saturated carbocycles. The fourth-order valence-corrected chi connectivity index (χ4v) is 3.19. The largest absolute Gasteiger partial charge is 0.298 e. The van der Waals surface area contributed by atoms with E-state index in [9.17, 15) is 13.2 Å². The highest BCUT2D eigenvalue weighted by Gasteiger charge is 2.21. The zero-order chi connectivity index (χ0) is 16.9. The van der Waals surface area contributed by atoms with Gasteiger partial charge in [0.15, 0.2) is 5.78 Å². The van der Waals surface area contributed by atoms with Gasteiger partial charge < -0.3 is 0 Å². The molecule has 0 heterocycles. The van der Waals surface area contributed by atoms with E-state index in [-0.39, 0.29) is 10.7 Å². The number of hydrogen-bond acceptors (Lipinski definition) is 3. The molecule has 0 aliphatic carbocycles. The topological polar surface area (TPSA) is 63.2 Å². The zero-order valence-corrected chi connectivity index (χ0v) is 13.9. The number of nitrogens with one attached hydrogen (secondary N) is 1. The van der Waals surface area contributed by atoms with Gasteiger partial charge in [-0.05, 0) is 31.5 Å². The molecule has 1 N–H and O–H groups in total. The van der Waals surface area contributed by atoms with Gasteiger partial charge in [-0.15, -0.1) is 0 Å². The van der Waals surface area contributed by atoms with Crippen LogP contribution in [0, 0.1) is 6.92 Å². The van der Waals surface area contributed by atoms with Crippen LogP contribution in [0.15, 0.2) is 65.6 Å². The van der Waals surface area contributed by atoms with Crippen molar-refractivity contribution in [3.8, 4) is 0 Å². The summed E-state index contributed by atoms with van der Waals surface area (Å²) in [6.07, 6.45) is 3.28. The van der Waals surface area contributed by atoms with Gasteiger partial charge in [-0.3, -0.25) is 4.79 Å². The normalized spacial score (nSPS) is 13.1. The lowest BCUT2D eigenvalue weighted by Crippen LogP contribution is -2.38. The lowest BCUT2D eigenvalue weighted by Gasteiger charge is -2.13. The third-order valence-electron chi connectivity index (χ3n) is 3.33. The van der Waals surface area contributed by atoms with E-state index >= 15 is 0 Å². The smallest absolute Gasteiger partial charge is 0.241 e. The van der Waals surface area contributed by atoms with Gasteiger partial charge in [-0.25, -0.2) is 8.42 Å². The average Bonchev–Trinajstić information content (AvgIpc) is 2.52. The third kappa shape index (κ3) is 4.87. The number of carbonyl (C=O) groups is 1. The molecule has 2 aromatic carbocycles. The van der Waals surface area contributed by atoms with Crippen molar-refractivity contribution >= 4 is 21.9 Å². The molecule has 0 amide bonds. The van der Waals surface area contributed by atoms with Crippen LogP contribution in [0.3, 0.4) is 0 Å². The maximum atomic E-state index is 12.4. The average molecular weight is 329 g/mol. The maximum Gasteiger partial charge on any atom is 0.241 e. The van der Waals surface area contributed by atoms with Crippen LogP contribution in [0.5, 0.6) is 0 Å². The van der Waals surface area contributed by atoms with E-state index in [0.29, 0.717) is 0 Å². The molecular formula is C18H19NO3S. The van der Waals surface area contributed by atoms with E-state index in [1.54, 1.807) is 24.3 Å². The fourth-order valence-electron chi connectivity index (χ4n) is 1.98. The summed E-state index contributed by atoms with van der Waals surface area (Å²) in [7, 11) is -3.75. The Hall–Kier alpha value is -2.24. The van der Waals surface area contributed by atoms with Crippen molar-refractivity contribution in [1.82, 2.24) is 4.72 Å². The highest BCUT2D eigenvalue weighted by molar-refractivity contribution is 7.89. The first-order valence-electron chi connectivity index (χ1n) is 7.21. The van der Waals surface area contributed by atoms with Crippen LogP contribution in [0.25, 0.3) is 6.08 Å². The van der Waals surface area contributed by atoms with Crippen LogP contribution < -0.4 is 4.72 Å². The molecule has 0 bridgehead atoms. The Morgan fingerprint density at radius 3 is 2.22 bits per heavy atom. The maximum absolute atomic E-state index is 12.4. The van der Waals surface area contributed by atoms with Gasteiger partial charge in [0.2, 0.25) is 10.0 Å². The number of ketones is 1. The zero-order valence-electron chi connectivity index (χ0n) is 13.1. The predicted octanol–water partition coefficient (Wildman–Crippen LogP) is 2.94. The molecule has 0 aromatic heterocycles. The SMILES string of the molecule is CC(=O)C(/C=C/c1ccccc1)NS(=O)(=O)c1ccc(C)cc1. The van der Waals surface area contributed by atoms with Gasteiger partial charge in [0.25, 0.3) is 0 Å². The first kappa shape index (κ1) is 17.1. The predicted molar refractivity (Wildman–Crippen MR) is 91.4 cm³/mol. The fraction of sp³-hybridized carbons (Fsp3) is 0.167. The molecule has 0 fully saturated rings. The molecule has 1 unspecified atom stereocenters. The number of hydrogen-bond donors (Lipinski definition) is 1. The first-order chi connectivity index (χ1) is 10.9. The van der Waals surface area contributed by atoms with Crippen LogP contribution in [0.1, 0.15) is 18.1 Å². The van der Waals surface area contributed by atoms with E-state index in [2.05, 4.69) is 4.72 Å². The van der Waals surface area contributed by atoms with Gasteiger partial charge >= 0.3 is 0 Å².